The highest BCUT2D eigenvalue weighted by Gasteiger charge is 2.16. The second kappa shape index (κ2) is 10.3. The van der Waals surface area contributed by atoms with Crippen molar-refractivity contribution < 1.29 is 14.4 Å². The molecule has 0 saturated carbocycles. The molecule has 0 heterocycles. The number of halogens is 2. The molecule has 8 heteroatoms. The van der Waals surface area contributed by atoms with Gasteiger partial charge in [0.15, 0.2) is 0 Å². The first-order valence-electron chi connectivity index (χ1n) is 9.56. The lowest BCUT2D eigenvalue weighted by atomic mass is 10.0. The highest BCUT2D eigenvalue weighted by molar-refractivity contribution is 6.39. The van der Waals surface area contributed by atoms with Gasteiger partial charge in [-0.1, -0.05) is 71.7 Å². The molecule has 160 valence electrons. The van der Waals surface area contributed by atoms with Crippen molar-refractivity contribution in [1.82, 2.24) is 10.2 Å². The smallest absolute Gasteiger partial charge is 0.244 e. The molecule has 0 saturated heterocycles. The van der Waals surface area contributed by atoms with Crippen molar-refractivity contribution in [3.05, 3.63) is 76.3 Å². The summed E-state index contributed by atoms with van der Waals surface area (Å²) in [7, 11) is 1.48. The Labute approximate surface area is 190 Å². The number of anilines is 1. The number of nitrogens with zero attached hydrogens (tertiary/aromatic N) is 1. The van der Waals surface area contributed by atoms with Gasteiger partial charge in [0.05, 0.1) is 35.2 Å². The number of fused-ring (bicyclic) bond motifs is 1. The van der Waals surface area contributed by atoms with Crippen molar-refractivity contribution in [2.45, 2.75) is 6.42 Å². The highest BCUT2D eigenvalue weighted by Crippen LogP contribution is 2.29. The van der Waals surface area contributed by atoms with Gasteiger partial charge in [0.25, 0.3) is 0 Å². The fourth-order valence-corrected chi connectivity index (χ4v) is 3.58. The summed E-state index contributed by atoms with van der Waals surface area (Å²) in [5, 5.41) is 7.86. The molecule has 0 atom stereocenters. The van der Waals surface area contributed by atoms with Crippen molar-refractivity contribution in [3.63, 3.8) is 0 Å². The van der Waals surface area contributed by atoms with Crippen LogP contribution in [0.15, 0.2) is 60.7 Å². The van der Waals surface area contributed by atoms with E-state index in [2.05, 4.69) is 10.6 Å². The quantitative estimate of drug-likeness (QED) is 0.564. The Morgan fingerprint density at radius 2 is 1.52 bits per heavy atom. The molecule has 0 radical (unpaired) electrons. The lowest BCUT2D eigenvalue weighted by molar-refractivity contribution is -0.134. The van der Waals surface area contributed by atoms with Crippen LogP contribution in [0.5, 0.6) is 0 Å². The van der Waals surface area contributed by atoms with Gasteiger partial charge in [-0.2, -0.15) is 0 Å². The van der Waals surface area contributed by atoms with Crippen LogP contribution >= 0.6 is 23.2 Å². The minimum Gasteiger partial charge on any atom is -0.347 e. The molecule has 0 unspecified atom stereocenters. The third kappa shape index (κ3) is 5.96. The average Bonchev–Trinajstić information content (AvgIpc) is 2.75. The molecular formula is C23H21Cl2N3O3. The maximum atomic E-state index is 12.3. The van der Waals surface area contributed by atoms with Crippen molar-refractivity contribution in [1.29, 1.82) is 0 Å². The number of hydrogen-bond donors (Lipinski definition) is 2. The Morgan fingerprint density at radius 1 is 0.871 bits per heavy atom. The second-order valence-corrected chi connectivity index (χ2v) is 7.80. The standard InChI is InChI=1S/C23H21Cl2N3O3/c1-28(14-21(30)27-23-18(24)10-5-11-19(23)25)22(31)13-26-20(29)12-16-8-4-7-15-6-2-3-9-17(15)16/h2-11H,12-14H2,1H3,(H,26,29)(H,27,30). The van der Waals surface area contributed by atoms with Crippen molar-refractivity contribution in [2.75, 3.05) is 25.5 Å². The van der Waals surface area contributed by atoms with E-state index in [1.165, 1.54) is 11.9 Å². The average molecular weight is 458 g/mol. The largest absolute Gasteiger partial charge is 0.347 e. The number of likely N-dealkylation sites (N-methyl/N-ethyl adjacent to an activating group) is 1. The predicted molar refractivity (Wildman–Crippen MR) is 123 cm³/mol. The van der Waals surface area contributed by atoms with Crippen molar-refractivity contribution >= 4 is 57.4 Å². The molecule has 3 aromatic carbocycles. The van der Waals surface area contributed by atoms with E-state index in [1.54, 1.807) is 18.2 Å². The summed E-state index contributed by atoms with van der Waals surface area (Å²) in [6, 6.07) is 18.4. The van der Waals surface area contributed by atoms with Gasteiger partial charge in [-0.25, -0.2) is 0 Å². The minimum absolute atomic E-state index is 0.157. The van der Waals surface area contributed by atoms with E-state index < -0.39 is 11.8 Å². The highest BCUT2D eigenvalue weighted by atomic mass is 35.5. The maximum absolute atomic E-state index is 12.3. The van der Waals surface area contributed by atoms with Gasteiger partial charge in [0.1, 0.15) is 0 Å². The topological polar surface area (TPSA) is 78.5 Å². The number of carbonyl (C=O) groups is 3. The molecule has 3 aromatic rings. The Hall–Kier alpha value is -3.09. The molecule has 0 aliphatic heterocycles. The molecule has 3 rings (SSSR count). The van der Waals surface area contributed by atoms with E-state index >= 15 is 0 Å². The van der Waals surface area contributed by atoms with E-state index in [-0.39, 0.29) is 25.4 Å². The number of amides is 3. The molecule has 0 aliphatic rings. The van der Waals surface area contributed by atoms with Gasteiger partial charge in [0.2, 0.25) is 17.7 Å². The van der Waals surface area contributed by atoms with Gasteiger partial charge in [0, 0.05) is 7.05 Å². The molecule has 0 spiro atoms. The number of carbonyl (C=O) groups excluding carboxylic acids is 3. The summed E-state index contributed by atoms with van der Waals surface area (Å²) >= 11 is 12.1. The molecule has 0 fully saturated rings. The van der Waals surface area contributed by atoms with E-state index in [0.717, 1.165) is 16.3 Å². The van der Waals surface area contributed by atoms with Crippen LogP contribution in [0.25, 0.3) is 10.8 Å². The Kier molecular flexibility index (Phi) is 7.50. The van der Waals surface area contributed by atoms with Crippen LogP contribution in [-0.4, -0.2) is 42.8 Å². The van der Waals surface area contributed by atoms with Gasteiger partial charge in [-0.3, -0.25) is 14.4 Å². The lowest BCUT2D eigenvalue weighted by Gasteiger charge is -2.18. The SMILES string of the molecule is CN(CC(=O)Nc1c(Cl)cccc1Cl)C(=O)CNC(=O)Cc1cccc2ccccc12. The van der Waals surface area contributed by atoms with Gasteiger partial charge < -0.3 is 15.5 Å². The summed E-state index contributed by atoms with van der Waals surface area (Å²) in [5.41, 5.74) is 1.17. The summed E-state index contributed by atoms with van der Waals surface area (Å²) in [4.78, 5) is 38.1. The molecular weight excluding hydrogens is 437 g/mol. The Balaban J connectivity index is 1.50. The van der Waals surface area contributed by atoms with E-state index in [0.29, 0.717) is 15.7 Å². The van der Waals surface area contributed by atoms with Crippen LogP contribution in [0, 0.1) is 0 Å². The molecule has 0 bridgehead atoms. The fraction of sp³-hybridized carbons (Fsp3) is 0.174. The number of nitrogens with one attached hydrogen (secondary N) is 2. The summed E-state index contributed by atoms with van der Waals surface area (Å²) in [6.45, 7) is -0.417. The molecule has 3 amide bonds. The molecule has 2 N–H and O–H groups in total. The monoisotopic (exact) mass is 457 g/mol. The predicted octanol–water partition coefficient (Wildman–Crippen LogP) is 3.90. The summed E-state index contributed by atoms with van der Waals surface area (Å²) in [5.74, 6) is -1.12. The number of rotatable bonds is 7. The Bertz CT molecular complexity index is 1110. The summed E-state index contributed by atoms with van der Waals surface area (Å²) < 4.78 is 0. The first-order chi connectivity index (χ1) is 14.8. The zero-order chi connectivity index (χ0) is 22.4. The zero-order valence-corrected chi connectivity index (χ0v) is 18.3. The van der Waals surface area contributed by atoms with E-state index in [1.807, 2.05) is 42.5 Å². The van der Waals surface area contributed by atoms with Gasteiger partial charge in [-0.15, -0.1) is 0 Å². The van der Waals surface area contributed by atoms with Gasteiger partial charge >= 0.3 is 0 Å². The van der Waals surface area contributed by atoms with Crippen molar-refractivity contribution in [3.8, 4) is 0 Å². The van der Waals surface area contributed by atoms with E-state index in [4.69, 9.17) is 23.2 Å². The fourth-order valence-electron chi connectivity index (χ4n) is 3.09. The maximum Gasteiger partial charge on any atom is 0.244 e. The van der Waals surface area contributed by atoms with E-state index in [9.17, 15) is 14.4 Å². The second-order valence-electron chi connectivity index (χ2n) is 6.99. The first kappa shape index (κ1) is 22.6. The minimum atomic E-state index is -0.451. The number of para-hydroxylation sites is 1. The van der Waals surface area contributed by atoms with Gasteiger partial charge in [-0.05, 0) is 28.5 Å². The third-order valence-electron chi connectivity index (χ3n) is 4.70. The third-order valence-corrected chi connectivity index (χ3v) is 5.33. The Morgan fingerprint density at radius 3 is 2.26 bits per heavy atom. The van der Waals surface area contributed by atoms with Crippen LogP contribution in [0.4, 0.5) is 5.69 Å². The first-order valence-corrected chi connectivity index (χ1v) is 10.3. The van der Waals surface area contributed by atoms with Crippen LogP contribution in [0.1, 0.15) is 5.56 Å². The normalized spacial score (nSPS) is 10.5. The molecule has 6 nitrogen and oxygen atoms in total. The number of benzene rings is 3. The van der Waals surface area contributed by atoms with Crippen LogP contribution < -0.4 is 10.6 Å². The van der Waals surface area contributed by atoms with Crippen LogP contribution in [0.3, 0.4) is 0 Å². The van der Waals surface area contributed by atoms with Crippen LogP contribution in [-0.2, 0) is 20.8 Å². The lowest BCUT2D eigenvalue weighted by Crippen LogP contribution is -2.41. The molecule has 0 aliphatic carbocycles. The zero-order valence-electron chi connectivity index (χ0n) is 16.8. The molecule has 0 aromatic heterocycles. The van der Waals surface area contributed by atoms with Crippen molar-refractivity contribution in [2.24, 2.45) is 0 Å². The molecule has 31 heavy (non-hydrogen) atoms. The van der Waals surface area contributed by atoms with Crippen LogP contribution in [0.2, 0.25) is 10.0 Å². The number of hydrogen-bond acceptors (Lipinski definition) is 3. The summed E-state index contributed by atoms with van der Waals surface area (Å²) in [6.07, 6.45) is 0.157.